The Kier molecular flexibility index (Phi) is 3.36. The van der Waals surface area contributed by atoms with Crippen molar-refractivity contribution < 1.29 is 9.50 Å². The maximum Gasteiger partial charge on any atom is 0.127 e. The van der Waals surface area contributed by atoms with E-state index in [1.807, 2.05) is 6.07 Å². The fourth-order valence-electron chi connectivity index (χ4n) is 2.55. The summed E-state index contributed by atoms with van der Waals surface area (Å²) in [5.41, 5.74) is -0.0894. The molecule has 1 aliphatic rings. The summed E-state index contributed by atoms with van der Waals surface area (Å²) >= 11 is 3.23. The van der Waals surface area contributed by atoms with Crippen molar-refractivity contribution in [3.63, 3.8) is 0 Å². The van der Waals surface area contributed by atoms with Crippen LogP contribution in [0.15, 0.2) is 22.7 Å². The van der Waals surface area contributed by atoms with Gasteiger partial charge in [-0.15, -0.1) is 0 Å². The summed E-state index contributed by atoms with van der Waals surface area (Å²) < 4.78 is 14.4. The Bertz CT molecular complexity index is 394. The van der Waals surface area contributed by atoms with Crippen LogP contribution < -0.4 is 0 Å². The van der Waals surface area contributed by atoms with Crippen LogP contribution in [0.25, 0.3) is 0 Å². The molecule has 1 aliphatic carbocycles. The van der Waals surface area contributed by atoms with Crippen LogP contribution in [0.1, 0.15) is 31.7 Å². The van der Waals surface area contributed by atoms with Crippen molar-refractivity contribution in [3.8, 4) is 0 Å². The van der Waals surface area contributed by atoms with Gasteiger partial charge in [-0.25, -0.2) is 4.39 Å². The van der Waals surface area contributed by atoms with Gasteiger partial charge < -0.3 is 5.11 Å². The van der Waals surface area contributed by atoms with Crippen LogP contribution >= 0.6 is 15.9 Å². The molecule has 1 fully saturated rings. The number of halogens is 2. The lowest BCUT2D eigenvalue weighted by Gasteiger charge is -2.22. The maximum absolute atomic E-state index is 13.6. The van der Waals surface area contributed by atoms with Crippen LogP contribution in [0.2, 0.25) is 0 Å². The fraction of sp³-hybridized carbons (Fsp3) is 0.538. The molecular weight excluding hydrogens is 271 g/mol. The molecule has 0 aromatic heterocycles. The Hall–Kier alpha value is -0.410. The van der Waals surface area contributed by atoms with Crippen molar-refractivity contribution in [2.75, 3.05) is 0 Å². The molecule has 16 heavy (non-hydrogen) atoms. The predicted molar refractivity (Wildman–Crippen MR) is 65.8 cm³/mol. The second kappa shape index (κ2) is 4.46. The smallest absolute Gasteiger partial charge is 0.127 e. The van der Waals surface area contributed by atoms with Gasteiger partial charge in [0.15, 0.2) is 0 Å². The van der Waals surface area contributed by atoms with E-state index in [-0.39, 0.29) is 5.82 Å². The zero-order chi connectivity index (χ0) is 11.8. The Morgan fingerprint density at radius 1 is 1.56 bits per heavy atom. The van der Waals surface area contributed by atoms with Crippen LogP contribution in [0.5, 0.6) is 0 Å². The number of rotatable bonds is 2. The first-order chi connectivity index (χ1) is 7.48. The molecular formula is C13H16BrFO. The first-order valence-electron chi connectivity index (χ1n) is 5.65. The standard InChI is InChI=1S/C13H16BrFO/c1-9-4-5-13(16,7-9)8-10-2-3-11(14)6-12(10)15/h2-3,6,9,16H,4-5,7-8H2,1H3. The Morgan fingerprint density at radius 2 is 2.31 bits per heavy atom. The molecule has 0 spiro atoms. The molecule has 88 valence electrons. The second-order valence-electron chi connectivity index (χ2n) is 4.98. The quantitative estimate of drug-likeness (QED) is 0.879. The van der Waals surface area contributed by atoms with E-state index in [2.05, 4.69) is 22.9 Å². The molecule has 2 atom stereocenters. The summed E-state index contributed by atoms with van der Waals surface area (Å²) in [6.45, 7) is 2.13. The summed E-state index contributed by atoms with van der Waals surface area (Å²) in [5, 5.41) is 10.3. The minimum atomic E-state index is -0.700. The Balaban J connectivity index is 2.14. The van der Waals surface area contributed by atoms with Crippen molar-refractivity contribution in [1.82, 2.24) is 0 Å². The van der Waals surface area contributed by atoms with E-state index < -0.39 is 5.60 Å². The zero-order valence-electron chi connectivity index (χ0n) is 9.34. The van der Waals surface area contributed by atoms with Crippen LogP contribution in [-0.2, 0) is 6.42 Å². The molecule has 3 heteroatoms. The summed E-state index contributed by atoms with van der Waals surface area (Å²) in [7, 11) is 0. The van der Waals surface area contributed by atoms with Crippen LogP contribution in [0, 0.1) is 11.7 Å². The van der Waals surface area contributed by atoms with E-state index in [9.17, 15) is 9.50 Å². The molecule has 0 bridgehead atoms. The van der Waals surface area contributed by atoms with Gasteiger partial charge in [0.2, 0.25) is 0 Å². The molecule has 2 unspecified atom stereocenters. The fourth-order valence-corrected chi connectivity index (χ4v) is 2.88. The average Bonchev–Trinajstić information content (AvgIpc) is 2.52. The first kappa shape index (κ1) is 12.1. The average molecular weight is 287 g/mol. The van der Waals surface area contributed by atoms with E-state index in [1.54, 1.807) is 6.07 Å². The van der Waals surface area contributed by atoms with Gasteiger partial charge in [-0.1, -0.05) is 28.9 Å². The highest BCUT2D eigenvalue weighted by Gasteiger charge is 2.35. The Morgan fingerprint density at radius 3 is 2.88 bits per heavy atom. The molecule has 0 radical (unpaired) electrons. The number of aliphatic hydroxyl groups is 1. The number of benzene rings is 1. The maximum atomic E-state index is 13.6. The lowest BCUT2D eigenvalue weighted by Crippen LogP contribution is -2.28. The molecule has 1 nitrogen and oxygen atoms in total. The molecule has 2 rings (SSSR count). The molecule has 1 aromatic carbocycles. The van der Waals surface area contributed by atoms with Crippen molar-refractivity contribution in [2.24, 2.45) is 5.92 Å². The van der Waals surface area contributed by atoms with Crippen molar-refractivity contribution in [2.45, 2.75) is 38.2 Å². The van der Waals surface area contributed by atoms with Gasteiger partial charge in [-0.2, -0.15) is 0 Å². The van der Waals surface area contributed by atoms with Crippen molar-refractivity contribution >= 4 is 15.9 Å². The monoisotopic (exact) mass is 286 g/mol. The minimum absolute atomic E-state index is 0.234. The molecule has 1 saturated carbocycles. The van der Waals surface area contributed by atoms with Gasteiger partial charge in [0, 0.05) is 10.9 Å². The number of hydrogen-bond acceptors (Lipinski definition) is 1. The van der Waals surface area contributed by atoms with Gasteiger partial charge in [0.25, 0.3) is 0 Å². The van der Waals surface area contributed by atoms with Crippen molar-refractivity contribution in [3.05, 3.63) is 34.1 Å². The number of hydrogen-bond donors (Lipinski definition) is 1. The van der Waals surface area contributed by atoms with Crippen LogP contribution in [0.3, 0.4) is 0 Å². The second-order valence-corrected chi connectivity index (χ2v) is 5.90. The summed E-state index contributed by atoms with van der Waals surface area (Å²) in [6.07, 6.45) is 3.03. The van der Waals surface area contributed by atoms with Crippen LogP contribution in [0.4, 0.5) is 4.39 Å². The predicted octanol–water partition coefficient (Wildman–Crippen LogP) is 3.68. The van der Waals surface area contributed by atoms with E-state index in [0.717, 1.165) is 23.7 Å². The van der Waals surface area contributed by atoms with Gasteiger partial charge in [-0.05, 0) is 42.9 Å². The first-order valence-corrected chi connectivity index (χ1v) is 6.44. The van der Waals surface area contributed by atoms with Crippen LogP contribution in [-0.4, -0.2) is 10.7 Å². The minimum Gasteiger partial charge on any atom is -0.390 e. The summed E-state index contributed by atoms with van der Waals surface area (Å²) in [6, 6.07) is 5.03. The van der Waals surface area contributed by atoms with Gasteiger partial charge in [-0.3, -0.25) is 0 Å². The zero-order valence-corrected chi connectivity index (χ0v) is 10.9. The third-order valence-corrected chi connectivity index (χ3v) is 3.86. The molecule has 0 heterocycles. The van der Waals surface area contributed by atoms with E-state index in [0.29, 0.717) is 17.9 Å². The highest BCUT2D eigenvalue weighted by molar-refractivity contribution is 9.10. The van der Waals surface area contributed by atoms with Gasteiger partial charge in [0.1, 0.15) is 5.82 Å². The third-order valence-electron chi connectivity index (χ3n) is 3.37. The highest BCUT2D eigenvalue weighted by atomic mass is 79.9. The lowest BCUT2D eigenvalue weighted by atomic mass is 9.92. The largest absolute Gasteiger partial charge is 0.390 e. The van der Waals surface area contributed by atoms with E-state index >= 15 is 0 Å². The molecule has 0 amide bonds. The summed E-state index contributed by atoms with van der Waals surface area (Å²) in [4.78, 5) is 0. The van der Waals surface area contributed by atoms with E-state index in [1.165, 1.54) is 6.07 Å². The molecule has 0 aliphatic heterocycles. The third kappa shape index (κ3) is 2.64. The van der Waals surface area contributed by atoms with Gasteiger partial charge >= 0.3 is 0 Å². The normalized spacial score (nSPS) is 29.6. The molecule has 1 aromatic rings. The molecule has 0 saturated heterocycles. The molecule has 1 N–H and O–H groups in total. The highest BCUT2D eigenvalue weighted by Crippen LogP contribution is 2.37. The van der Waals surface area contributed by atoms with Gasteiger partial charge in [0.05, 0.1) is 5.60 Å². The van der Waals surface area contributed by atoms with E-state index in [4.69, 9.17) is 0 Å². The SMILES string of the molecule is CC1CCC(O)(Cc2ccc(Br)cc2F)C1. The Labute approximate surface area is 104 Å². The van der Waals surface area contributed by atoms with Crippen molar-refractivity contribution in [1.29, 1.82) is 0 Å². The lowest BCUT2D eigenvalue weighted by molar-refractivity contribution is 0.0438. The topological polar surface area (TPSA) is 20.2 Å². The summed E-state index contributed by atoms with van der Waals surface area (Å²) in [5.74, 6) is 0.311.